The van der Waals surface area contributed by atoms with Crippen molar-refractivity contribution in [2.24, 2.45) is 0 Å². The summed E-state index contributed by atoms with van der Waals surface area (Å²) in [5, 5.41) is 40.5. The number of carboxylic acid groups (broad SMARTS) is 3. The van der Waals surface area contributed by atoms with E-state index in [-0.39, 0.29) is 65.5 Å². The number of aliphatic hydroxyl groups excluding tert-OH is 2. The number of unbranched alkanes of at least 4 members (excludes halogenated alkanes) is 9. The molecule has 0 heterocycles. The molecule has 4 N–H and O–H groups in total. The van der Waals surface area contributed by atoms with E-state index in [1.807, 2.05) is 0 Å². The molecular weight excluding hydrogens is 543 g/mol. The van der Waals surface area contributed by atoms with Crippen molar-refractivity contribution in [3.05, 3.63) is 48.6 Å². The van der Waals surface area contributed by atoms with E-state index in [0.29, 0.717) is 12.2 Å². The van der Waals surface area contributed by atoms with Crippen molar-refractivity contribution in [1.29, 1.82) is 0 Å². The molecule has 0 aliphatic heterocycles. The van der Waals surface area contributed by atoms with Crippen LogP contribution in [0, 0.1) is 0 Å². The van der Waals surface area contributed by atoms with E-state index in [1.54, 1.807) is 6.92 Å². The fourth-order valence-electron chi connectivity index (χ4n) is 1.88. The number of esters is 1. The van der Waals surface area contributed by atoms with Crippen LogP contribution in [0.1, 0.15) is 98.8 Å². The van der Waals surface area contributed by atoms with Crippen LogP contribution in [-0.4, -0.2) is 64.1 Å². The Hall–Kier alpha value is -2.24. The van der Waals surface area contributed by atoms with Crippen LogP contribution in [-0.2, 0) is 23.9 Å². The third-order valence-corrected chi connectivity index (χ3v) is 4.26. The molecule has 0 unspecified atom stereocenters. The second-order valence-electron chi connectivity index (χ2n) is 8.78. The van der Waals surface area contributed by atoms with Crippen LogP contribution >= 0.6 is 0 Å². The summed E-state index contributed by atoms with van der Waals surface area (Å²) in [4.78, 5) is 39.8. The molecule has 0 aromatic carbocycles. The van der Waals surface area contributed by atoms with Gasteiger partial charge in [0.25, 0.3) is 0 Å². The van der Waals surface area contributed by atoms with Crippen LogP contribution in [0.4, 0.5) is 0 Å². The summed E-state index contributed by atoms with van der Waals surface area (Å²) in [6.45, 7) is 21.5. The minimum Gasteiger partial charge on any atom is -0.545 e. The van der Waals surface area contributed by atoms with Gasteiger partial charge in [-0.25, -0.2) is 14.4 Å². The predicted octanol–water partition coefficient (Wildman–Crippen LogP) is 1.61. The van der Waals surface area contributed by atoms with E-state index in [2.05, 4.69) is 33.2 Å². The third kappa shape index (κ3) is 62.7. The molecular formula is C30H53NaO10. The first-order valence-electron chi connectivity index (χ1n) is 13.2. The molecule has 0 rings (SSSR count). The summed E-state index contributed by atoms with van der Waals surface area (Å²) in [5.41, 5.74) is 0.905. The first-order valence-corrected chi connectivity index (χ1v) is 13.2. The number of ether oxygens (including phenoxy) is 1. The second kappa shape index (κ2) is 39.9. The van der Waals surface area contributed by atoms with Crippen molar-refractivity contribution in [1.82, 2.24) is 0 Å². The fraction of sp³-hybridized carbons (Fsp3) is 0.600. The fourth-order valence-corrected chi connectivity index (χ4v) is 1.88. The Morgan fingerprint density at radius 2 is 0.878 bits per heavy atom. The molecule has 0 aliphatic carbocycles. The van der Waals surface area contributed by atoms with Crippen LogP contribution in [0.25, 0.3) is 0 Å². The van der Waals surface area contributed by atoms with Gasteiger partial charge >= 0.3 is 47.5 Å². The number of carboxylic acids is 3. The van der Waals surface area contributed by atoms with E-state index in [0.717, 1.165) is 6.42 Å². The van der Waals surface area contributed by atoms with Crippen molar-refractivity contribution < 1.29 is 79.0 Å². The molecule has 10 nitrogen and oxygen atoms in total. The van der Waals surface area contributed by atoms with Crippen LogP contribution in [0.3, 0.4) is 0 Å². The van der Waals surface area contributed by atoms with E-state index in [1.165, 1.54) is 78.6 Å². The summed E-state index contributed by atoms with van der Waals surface area (Å²) < 4.78 is 5.04. The number of hydrogen-bond acceptors (Lipinski definition) is 8. The Morgan fingerprint density at radius 3 is 1.07 bits per heavy atom. The minimum atomic E-state index is -1.19. The Morgan fingerprint density at radius 1 is 0.610 bits per heavy atom. The first-order chi connectivity index (χ1) is 18.5. The quantitative estimate of drug-likeness (QED) is 0.0884. The SMILES string of the molecule is C=C(C)C(=O)O.C=C(C)C(=O)O.C=C(C)C(=O)OCCCCCCCCCCCC.C=C(C)C(=O)[O-].OCCO.[Na+]. The Kier molecular flexibility index (Phi) is 50.1. The number of hydrogen-bond donors (Lipinski definition) is 4. The molecule has 41 heavy (non-hydrogen) atoms. The van der Waals surface area contributed by atoms with Gasteiger partial charge < -0.3 is 35.1 Å². The molecule has 11 heteroatoms. The molecule has 0 aliphatic rings. The zero-order chi connectivity index (χ0) is 32.5. The van der Waals surface area contributed by atoms with Gasteiger partial charge in [-0.3, -0.25) is 0 Å². The number of rotatable bonds is 16. The monoisotopic (exact) mass is 596 g/mol. The zero-order valence-corrected chi connectivity index (χ0v) is 28.3. The number of aliphatic hydroxyl groups is 2. The summed E-state index contributed by atoms with van der Waals surface area (Å²) in [5.74, 6) is -3.31. The van der Waals surface area contributed by atoms with Crippen molar-refractivity contribution in [3.63, 3.8) is 0 Å². The molecule has 0 saturated carbocycles. The normalized spacial score (nSPS) is 8.56. The maximum atomic E-state index is 11.1. The molecule has 234 valence electrons. The molecule has 0 amide bonds. The Bertz CT molecular complexity index is 650. The van der Waals surface area contributed by atoms with Gasteiger partial charge in [0.05, 0.1) is 25.8 Å². The average Bonchev–Trinajstić information content (AvgIpc) is 2.88. The standard InChI is InChI=1S/C16H30O2.3C4H6O2.C2H6O2.Na/c1-4-5-6-7-8-9-10-11-12-13-14-18-16(17)15(2)3;3*1-3(2)4(5)6;3-1-2-4;/h2,4-14H2,1,3H3;3*1H2,2H3,(H,5,6);3-4H,1-2H2;/q;;;;;+1/p-1. The number of carbonyl (C=O) groups excluding carboxylic acids is 2. The van der Waals surface area contributed by atoms with Crippen molar-refractivity contribution >= 4 is 23.9 Å². The molecule has 0 spiro atoms. The van der Waals surface area contributed by atoms with Gasteiger partial charge in [-0.15, -0.1) is 0 Å². The Balaban J connectivity index is -0.000000109. The molecule has 0 atom stereocenters. The summed E-state index contributed by atoms with van der Waals surface area (Å²) in [6.07, 6.45) is 13.0. The van der Waals surface area contributed by atoms with Gasteiger partial charge in [0.2, 0.25) is 0 Å². The van der Waals surface area contributed by atoms with Crippen LogP contribution in [0.5, 0.6) is 0 Å². The van der Waals surface area contributed by atoms with Crippen LogP contribution < -0.4 is 34.7 Å². The maximum Gasteiger partial charge on any atom is 1.00 e. The van der Waals surface area contributed by atoms with Crippen molar-refractivity contribution in [2.75, 3.05) is 19.8 Å². The molecule has 0 aromatic rings. The molecule has 0 fully saturated rings. The van der Waals surface area contributed by atoms with Crippen molar-refractivity contribution in [3.8, 4) is 0 Å². The molecule has 0 aromatic heterocycles. The summed E-state index contributed by atoms with van der Waals surface area (Å²) >= 11 is 0. The van der Waals surface area contributed by atoms with E-state index < -0.39 is 17.9 Å². The van der Waals surface area contributed by atoms with E-state index >= 15 is 0 Å². The number of aliphatic carboxylic acids is 3. The van der Waals surface area contributed by atoms with Gasteiger partial charge in [0, 0.05) is 16.7 Å². The third-order valence-electron chi connectivity index (χ3n) is 4.26. The van der Waals surface area contributed by atoms with Gasteiger partial charge in [0.15, 0.2) is 0 Å². The molecule has 0 saturated heterocycles. The smallest absolute Gasteiger partial charge is 0.545 e. The largest absolute Gasteiger partial charge is 1.00 e. The summed E-state index contributed by atoms with van der Waals surface area (Å²) in [7, 11) is 0. The predicted molar refractivity (Wildman–Crippen MR) is 157 cm³/mol. The van der Waals surface area contributed by atoms with Gasteiger partial charge in [0.1, 0.15) is 0 Å². The number of carbonyl (C=O) groups is 4. The van der Waals surface area contributed by atoms with Crippen LogP contribution in [0.2, 0.25) is 0 Å². The Labute approximate surface area is 269 Å². The zero-order valence-electron chi connectivity index (χ0n) is 26.3. The van der Waals surface area contributed by atoms with Gasteiger partial charge in [-0.1, -0.05) is 91.0 Å². The van der Waals surface area contributed by atoms with Crippen LogP contribution in [0.15, 0.2) is 48.6 Å². The van der Waals surface area contributed by atoms with E-state index in [4.69, 9.17) is 25.2 Å². The first kappa shape index (κ1) is 51.5. The van der Waals surface area contributed by atoms with Gasteiger partial charge in [-0.2, -0.15) is 0 Å². The van der Waals surface area contributed by atoms with Crippen molar-refractivity contribution in [2.45, 2.75) is 98.8 Å². The molecule has 0 radical (unpaired) electrons. The second-order valence-corrected chi connectivity index (χ2v) is 8.78. The maximum absolute atomic E-state index is 11.1. The average molecular weight is 597 g/mol. The summed E-state index contributed by atoms with van der Waals surface area (Å²) in [6, 6.07) is 0. The minimum absolute atomic E-state index is 0. The molecule has 0 bridgehead atoms. The van der Waals surface area contributed by atoms with Gasteiger partial charge in [-0.05, 0) is 39.7 Å². The van der Waals surface area contributed by atoms with E-state index in [9.17, 15) is 24.3 Å². The topological polar surface area (TPSA) is 181 Å².